The van der Waals surface area contributed by atoms with Gasteiger partial charge < -0.3 is 10.2 Å². The van der Waals surface area contributed by atoms with Gasteiger partial charge in [-0.2, -0.15) is 0 Å². The molecular formula is C14H25N3O2S. The highest BCUT2D eigenvalue weighted by Crippen LogP contribution is 2.20. The molecule has 1 rings (SSSR count). The van der Waals surface area contributed by atoms with Crippen LogP contribution in [0.2, 0.25) is 0 Å². The maximum absolute atomic E-state index is 12.2. The van der Waals surface area contributed by atoms with Crippen molar-refractivity contribution < 1.29 is 8.42 Å². The monoisotopic (exact) mass is 299 g/mol. The average Bonchev–Trinajstić information content (AvgIpc) is 2.41. The molecule has 6 heteroatoms. The van der Waals surface area contributed by atoms with Crippen LogP contribution in [0.15, 0.2) is 29.2 Å². The van der Waals surface area contributed by atoms with Crippen LogP contribution in [0.25, 0.3) is 0 Å². The summed E-state index contributed by atoms with van der Waals surface area (Å²) in [6.07, 6.45) is 1.74. The number of hydrogen-bond acceptors (Lipinski definition) is 4. The van der Waals surface area contributed by atoms with E-state index in [1.807, 2.05) is 27.1 Å². The third kappa shape index (κ3) is 5.48. The molecule has 0 saturated heterocycles. The van der Waals surface area contributed by atoms with Gasteiger partial charge in [-0.15, -0.1) is 0 Å². The third-order valence-corrected chi connectivity index (χ3v) is 4.34. The SMILES string of the molecule is CCCNS(=O)(=O)c1ccccc1NCCCN(C)C. The molecule has 0 heterocycles. The zero-order chi connectivity index (χ0) is 15.0. The average molecular weight is 299 g/mol. The molecule has 2 N–H and O–H groups in total. The fourth-order valence-electron chi connectivity index (χ4n) is 1.78. The summed E-state index contributed by atoms with van der Waals surface area (Å²) in [5, 5.41) is 3.21. The molecule has 1 aromatic rings. The molecule has 1 aromatic carbocycles. The van der Waals surface area contributed by atoms with Crippen LogP contribution in [-0.4, -0.2) is 47.0 Å². The van der Waals surface area contributed by atoms with Crippen LogP contribution < -0.4 is 10.0 Å². The zero-order valence-electron chi connectivity index (χ0n) is 12.5. The van der Waals surface area contributed by atoms with Crippen molar-refractivity contribution in [2.45, 2.75) is 24.7 Å². The second-order valence-electron chi connectivity index (χ2n) is 4.98. The van der Waals surface area contributed by atoms with Crippen molar-refractivity contribution >= 4 is 15.7 Å². The number of nitrogens with one attached hydrogen (secondary N) is 2. The maximum atomic E-state index is 12.2. The molecule has 0 aliphatic carbocycles. The van der Waals surface area contributed by atoms with Gasteiger partial charge in [0.2, 0.25) is 10.0 Å². The van der Waals surface area contributed by atoms with E-state index < -0.39 is 10.0 Å². The van der Waals surface area contributed by atoms with E-state index >= 15 is 0 Å². The number of anilines is 1. The van der Waals surface area contributed by atoms with Crippen molar-refractivity contribution in [1.29, 1.82) is 0 Å². The molecule has 0 spiro atoms. The lowest BCUT2D eigenvalue weighted by Gasteiger charge is -2.14. The summed E-state index contributed by atoms with van der Waals surface area (Å²) in [4.78, 5) is 2.42. The summed E-state index contributed by atoms with van der Waals surface area (Å²) < 4.78 is 27.0. The van der Waals surface area contributed by atoms with Crippen LogP contribution in [-0.2, 0) is 10.0 Å². The van der Waals surface area contributed by atoms with E-state index in [2.05, 4.69) is 14.9 Å². The van der Waals surface area contributed by atoms with Crippen molar-refractivity contribution in [2.24, 2.45) is 0 Å². The Bertz CT molecular complexity index is 501. The minimum Gasteiger partial charge on any atom is -0.384 e. The van der Waals surface area contributed by atoms with Crippen LogP contribution in [0.5, 0.6) is 0 Å². The van der Waals surface area contributed by atoms with Crippen LogP contribution in [0, 0.1) is 0 Å². The van der Waals surface area contributed by atoms with Crippen molar-refractivity contribution in [3.8, 4) is 0 Å². The minimum atomic E-state index is -3.43. The van der Waals surface area contributed by atoms with E-state index in [0.29, 0.717) is 17.1 Å². The van der Waals surface area contributed by atoms with Gasteiger partial charge >= 0.3 is 0 Å². The number of para-hydroxylation sites is 1. The first-order valence-electron chi connectivity index (χ1n) is 6.94. The molecule has 0 atom stereocenters. The molecular weight excluding hydrogens is 274 g/mol. The quantitative estimate of drug-likeness (QED) is 0.682. The Morgan fingerprint density at radius 1 is 1.15 bits per heavy atom. The van der Waals surface area contributed by atoms with E-state index in [0.717, 1.165) is 25.9 Å². The number of sulfonamides is 1. The predicted octanol–water partition coefficient (Wildman–Crippen LogP) is 1.74. The molecule has 0 aliphatic rings. The van der Waals surface area contributed by atoms with E-state index in [-0.39, 0.29) is 0 Å². The fraction of sp³-hybridized carbons (Fsp3) is 0.571. The van der Waals surface area contributed by atoms with Gasteiger partial charge in [0.15, 0.2) is 0 Å². The Balaban J connectivity index is 2.73. The Labute approximate surface area is 122 Å². The normalized spacial score (nSPS) is 11.8. The number of rotatable bonds is 9. The number of nitrogens with zero attached hydrogens (tertiary/aromatic N) is 1. The summed E-state index contributed by atoms with van der Waals surface area (Å²) in [5.74, 6) is 0. The van der Waals surface area contributed by atoms with Gasteiger partial charge in [0, 0.05) is 13.1 Å². The molecule has 20 heavy (non-hydrogen) atoms. The topological polar surface area (TPSA) is 61.4 Å². The van der Waals surface area contributed by atoms with Crippen molar-refractivity contribution in [3.05, 3.63) is 24.3 Å². The number of hydrogen-bond donors (Lipinski definition) is 2. The second-order valence-corrected chi connectivity index (χ2v) is 6.71. The van der Waals surface area contributed by atoms with Crippen molar-refractivity contribution in [3.63, 3.8) is 0 Å². The largest absolute Gasteiger partial charge is 0.384 e. The van der Waals surface area contributed by atoms with Crippen LogP contribution >= 0.6 is 0 Å². The first-order chi connectivity index (χ1) is 9.47. The summed E-state index contributed by atoms with van der Waals surface area (Å²) in [7, 11) is 0.612. The van der Waals surface area contributed by atoms with Gasteiger partial charge in [0.1, 0.15) is 4.90 Å². The highest BCUT2D eigenvalue weighted by Gasteiger charge is 2.16. The molecule has 0 aliphatic heterocycles. The highest BCUT2D eigenvalue weighted by molar-refractivity contribution is 7.89. The lowest BCUT2D eigenvalue weighted by Crippen LogP contribution is -2.25. The number of benzene rings is 1. The lowest BCUT2D eigenvalue weighted by molar-refractivity contribution is 0.405. The van der Waals surface area contributed by atoms with Gasteiger partial charge in [0.25, 0.3) is 0 Å². The summed E-state index contributed by atoms with van der Waals surface area (Å²) in [6, 6.07) is 7.01. The minimum absolute atomic E-state index is 0.318. The first-order valence-corrected chi connectivity index (χ1v) is 8.43. The predicted molar refractivity (Wildman–Crippen MR) is 83.6 cm³/mol. The zero-order valence-corrected chi connectivity index (χ0v) is 13.3. The molecule has 114 valence electrons. The standard InChI is InChI=1S/C14H25N3O2S/c1-4-10-16-20(18,19)14-9-6-5-8-13(14)15-11-7-12-17(2)3/h5-6,8-9,15-16H,4,7,10-12H2,1-3H3. The van der Waals surface area contributed by atoms with Crippen molar-refractivity contribution in [2.75, 3.05) is 39.0 Å². The molecule has 0 fully saturated rings. The molecule has 0 bridgehead atoms. The Morgan fingerprint density at radius 3 is 2.50 bits per heavy atom. The van der Waals surface area contributed by atoms with Crippen molar-refractivity contribution in [1.82, 2.24) is 9.62 Å². The van der Waals surface area contributed by atoms with Crippen LogP contribution in [0.1, 0.15) is 19.8 Å². The third-order valence-electron chi connectivity index (χ3n) is 2.82. The first kappa shape index (κ1) is 16.9. The molecule has 0 aromatic heterocycles. The summed E-state index contributed by atoms with van der Waals surface area (Å²) in [5.41, 5.74) is 0.662. The summed E-state index contributed by atoms with van der Waals surface area (Å²) in [6.45, 7) is 4.11. The van der Waals surface area contributed by atoms with E-state index in [9.17, 15) is 8.42 Å². The smallest absolute Gasteiger partial charge is 0.242 e. The second kappa shape index (κ2) is 8.24. The molecule has 0 radical (unpaired) electrons. The van der Waals surface area contributed by atoms with Gasteiger partial charge in [-0.3, -0.25) is 0 Å². The Morgan fingerprint density at radius 2 is 1.85 bits per heavy atom. The van der Waals surface area contributed by atoms with E-state index in [4.69, 9.17) is 0 Å². The lowest BCUT2D eigenvalue weighted by atomic mass is 10.3. The van der Waals surface area contributed by atoms with Gasteiger partial charge in [-0.1, -0.05) is 19.1 Å². The highest BCUT2D eigenvalue weighted by atomic mass is 32.2. The Hall–Kier alpha value is -1.11. The van der Waals surface area contributed by atoms with Crippen LogP contribution in [0.3, 0.4) is 0 Å². The summed E-state index contributed by atoms with van der Waals surface area (Å²) >= 11 is 0. The molecule has 0 amide bonds. The Kier molecular flexibility index (Phi) is 6.98. The van der Waals surface area contributed by atoms with E-state index in [1.165, 1.54) is 0 Å². The van der Waals surface area contributed by atoms with Gasteiger partial charge in [-0.05, 0) is 45.6 Å². The molecule has 0 saturated carbocycles. The maximum Gasteiger partial charge on any atom is 0.242 e. The fourth-order valence-corrected chi connectivity index (χ4v) is 3.10. The van der Waals surface area contributed by atoms with Gasteiger partial charge in [0.05, 0.1) is 5.69 Å². The van der Waals surface area contributed by atoms with Crippen LogP contribution in [0.4, 0.5) is 5.69 Å². The van der Waals surface area contributed by atoms with E-state index in [1.54, 1.807) is 18.2 Å². The molecule has 5 nitrogen and oxygen atoms in total. The molecule has 0 unspecified atom stereocenters. The van der Waals surface area contributed by atoms with Gasteiger partial charge in [-0.25, -0.2) is 13.1 Å².